The zero-order chi connectivity index (χ0) is 52.8. The van der Waals surface area contributed by atoms with Gasteiger partial charge in [0, 0.05) is 19.5 Å². The average molecular weight is 993 g/mol. The van der Waals surface area contributed by atoms with Gasteiger partial charge in [-0.15, -0.1) is 0 Å². The highest BCUT2D eigenvalue weighted by Crippen LogP contribution is 2.13. The topological polar surface area (TPSA) is 462 Å². The van der Waals surface area contributed by atoms with Gasteiger partial charge in [0.1, 0.15) is 60.1 Å². The van der Waals surface area contributed by atoms with Crippen molar-refractivity contribution >= 4 is 65.2 Å². The van der Waals surface area contributed by atoms with Crippen LogP contribution in [0.15, 0.2) is 29.3 Å². The summed E-state index contributed by atoms with van der Waals surface area (Å²) < 4.78 is 0. The first-order valence-corrected chi connectivity index (χ1v) is 22.4. The van der Waals surface area contributed by atoms with E-state index in [1.54, 1.807) is 13.8 Å². The molecule has 0 bridgehead atoms. The minimum Gasteiger partial charge on any atom is -0.508 e. The van der Waals surface area contributed by atoms with Crippen molar-refractivity contribution in [1.82, 2.24) is 53.2 Å². The predicted octanol–water partition coefficient (Wildman–Crippen LogP) is -7.13. The zero-order valence-electron chi connectivity index (χ0n) is 39.6. The maximum absolute atomic E-state index is 14.2. The van der Waals surface area contributed by atoms with Gasteiger partial charge in [0.15, 0.2) is 5.96 Å². The third-order valence-corrected chi connectivity index (χ3v) is 10.6. The lowest BCUT2D eigenvalue weighted by molar-refractivity contribution is -0.137. The standard InChI is InChI=1S/C42H68N14O14/c1-19(2)30-39(68)50-25(8-6-14-46-41(43)44)34(63)52-27(16-23-10-12-24(60)13-11-23)36(65)48-21(4)33(62)56-31(22(5)59)40(69)51-26(9-7-15-47-42(45)70)35(64)53-29(18-58)38(67)54-28(17-57)37(66)49-20(3)32(61)55-30/h10-13,19-22,25-31,57-60H,6-9,14-18H2,1-5H3,(H,48,65)(H,49,66)(H,50,68)(H,51,69)(H,52,63)(H,53,64)(H,54,67)(H,55,61)(H,56,62)(H4,43,44,46)(H3,45,47,70)/t20-,21-,22+,25-,26-,27-,28-,29-,30-,31-/m0/s1. The van der Waals surface area contributed by atoms with E-state index in [9.17, 15) is 68.4 Å². The third-order valence-electron chi connectivity index (χ3n) is 10.6. The third kappa shape index (κ3) is 19.7. The second-order valence-corrected chi connectivity index (χ2v) is 16.8. The smallest absolute Gasteiger partial charge is 0.312 e. The number of urea groups is 1. The summed E-state index contributed by atoms with van der Waals surface area (Å²) in [5.74, 6) is -10.2. The maximum atomic E-state index is 14.2. The van der Waals surface area contributed by atoms with Gasteiger partial charge in [0.2, 0.25) is 53.2 Å². The van der Waals surface area contributed by atoms with Gasteiger partial charge in [0.25, 0.3) is 0 Å². The molecule has 1 saturated heterocycles. The van der Waals surface area contributed by atoms with Crippen molar-refractivity contribution in [3.05, 3.63) is 29.8 Å². The van der Waals surface area contributed by atoms with E-state index in [0.717, 1.165) is 6.92 Å². The molecule has 20 N–H and O–H groups in total. The number of nitrogens with zero attached hydrogens (tertiary/aromatic N) is 1. The molecule has 1 aromatic carbocycles. The van der Waals surface area contributed by atoms with Crippen molar-refractivity contribution < 1.29 is 68.4 Å². The van der Waals surface area contributed by atoms with Crippen LogP contribution in [-0.4, -0.2) is 172 Å². The molecule has 1 heterocycles. The minimum absolute atomic E-state index is 0.0108. The summed E-state index contributed by atoms with van der Waals surface area (Å²) in [6.45, 7) is 4.51. The van der Waals surface area contributed by atoms with Crippen LogP contribution in [0.5, 0.6) is 5.75 Å². The fraction of sp³-hybridized carbons (Fsp3) is 0.595. The molecule has 1 fully saturated rings. The van der Waals surface area contributed by atoms with Crippen LogP contribution in [0, 0.1) is 5.92 Å². The first-order chi connectivity index (χ1) is 32.9. The van der Waals surface area contributed by atoms with E-state index in [-0.39, 0.29) is 56.9 Å². The number of aliphatic hydroxyl groups excluding tert-OH is 3. The summed E-state index contributed by atoms with van der Waals surface area (Å²) in [7, 11) is 0. The Morgan fingerprint density at radius 2 is 1.00 bits per heavy atom. The summed E-state index contributed by atoms with van der Waals surface area (Å²) in [6.07, 6.45) is -2.18. The number of guanidine groups is 1. The molecule has 11 amide bonds. The molecule has 1 aliphatic heterocycles. The molecule has 28 nitrogen and oxygen atoms in total. The van der Waals surface area contributed by atoms with Gasteiger partial charge >= 0.3 is 6.03 Å². The number of nitrogens with one attached hydrogen (secondary N) is 10. The average Bonchev–Trinajstić information content (AvgIpc) is 3.29. The maximum Gasteiger partial charge on any atom is 0.312 e. The molecule has 0 spiro atoms. The monoisotopic (exact) mass is 993 g/mol. The van der Waals surface area contributed by atoms with Gasteiger partial charge in [-0.25, -0.2) is 4.79 Å². The lowest BCUT2D eigenvalue weighted by atomic mass is 10.0. The van der Waals surface area contributed by atoms with Crippen LogP contribution in [0.25, 0.3) is 0 Å². The SMILES string of the molecule is CC(C)[C@@H]1NC(=O)[C@H](C)NC(=O)[C@H](CO)NC(=O)[C@H](CO)NC(=O)[C@H](CCCNC(N)=O)NC(=O)[C@H]([C@@H](C)O)NC(=O)[C@H](C)NC(=O)[C@H](Cc2ccc(O)cc2)NC(=O)[C@H](CCCN=C(N)N)NC1=O. The van der Waals surface area contributed by atoms with Crippen molar-refractivity contribution in [3.8, 4) is 5.75 Å². The molecular weight excluding hydrogens is 925 g/mol. The largest absolute Gasteiger partial charge is 0.508 e. The predicted molar refractivity (Wildman–Crippen MR) is 248 cm³/mol. The van der Waals surface area contributed by atoms with Crippen molar-refractivity contribution in [2.24, 2.45) is 28.1 Å². The normalized spacial score (nSPS) is 25.7. The summed E-state index contributed by atoms with van der Waals surface area (Å²) in [5.41, 5.74) is 16.5. The lowest BCUT2D eigenvalue weighted by Crippen LogP contribution is -2.62. The molecule has 1 aliphatic rings. The Hall–Kier alpha value is -7.33. The van der Waals surface area contributed by atoms with Crippen LogP contribution in [0.2, 0.25) is 0 Å². The molecule has 390 valence electrons. The van der Waals surface area contributed by atoms with Gasteiger partial charge in [-0.2, -0.15) is 0 Å². The fourth-order valence-corrected chi connectivity index (χ4v) is 6.62. The number of hydrogen-bond donors (Lipinski definition) is 17. The minimum atomic E-state index is -1.82. The Labute approximate surface area is 403 Å². The molecule has 0 radical (unpaired) electrons. The van der Waals surface area contributed by atoms with E-state index in [1.807, 2.05) is 0 Å². The van der Waals surface area contributed by atoms with Gasteiger partial charge in [-0.1, -0.05) is 26.0 Å². The molecular formula is C42H68N14O14. The van der Waals surface area contributed by atoms with Crippen LogP contribution in [0.4, 0.5) is 4.79 Å². The number of carbonyl (C=O) groups is 10. The van der Waals surface area contributed by atoms with Crippen molar-refractivity contribution in [2.45, 2.75) is 127 Å². The number of primary amides is 1. The number of phenolic OH excluding ortho intramolecular Hbond substituents is 1. The zero-order valence-corrected chi connectivity index (χ0v) is 39.6. The summed E-state index contributed by atoms with van der Waals surface area (Å²) in [6, 6.07) is -9.46. The Balaban J connectivity index is 2.70. The number of aromatic hydroxyl groups is 1. The molecule has 28 heteroatoms. The van der Waals surface area contributed by atoms with E-state index >= 15 is 0 Å². The molecule has 0 aliphatic carbocycles. The number of benzene rings is 1. The molecule has 2 rings (SSSR count). The number of aliphatic hydroxyl groups is 3. The number of amides is 11. The second-order valence-electron chi connectivity index (χ2n) is 16.8. The van der Waals surface area contributed by atoms with Gasteiger partial charge < -0.3 is 90.8 Å². The lowest BCUT2D eigenvalue weighted by Gasteiger charge is -2.28. The van der Waals surface area contributed by atoms with E-state index in [0.29, 0.717) is 5.56 Å². The molecule has 1 aromatic rings. The molecule has 10 atom stereocenters. The van der Waals surface area contributed by atoms with Crippen LogP contribution < -0.4 is 70.4 Å². The molecule has 70 heavy (non-hydrogen) atoms. The van der Waals surface area contributed by atoms with Crippen LogP contribution in [-0.2, 0) is 49.6 Å². The highest BCUT2D eigenvalue weighted by atomic mass is 16.3. The number of nitrogens with two attached hydrogens (primary N) is 3. The quantitative estimate of drug-likeness (QED) is 0.0468. The highest BCUT2D eigenvalue weighted by molar-refractivity contribution is 5.99. The Morgan fingerprint density at radius 3 is 1.46 bits per heavy atom. The summed E-state index contributed by atoms with van der Waals surface area (Å²) in [4.78, 5) is 138. The number of hydrogen-bond acceptors (Lipinski definition) is 15. The van der Waals surface area contributed by atoms with Crippen LogP contribution in [0.3, 0.4) is 0 Å². The second kappa shape index (κ2) is 28.9. The number of rotatable bonds is 14. The van der Waals surface area contributed by atoms with Crippen LogP contribution in [0.1, 0.15) is 65.9 Å². The molecule has 0 unspecified atom stereocenters. The molecule has 0 aromatic heterocycles. The van der Waals surface area contributed by atoms with Crippen molar-refractivity contribution in [1.29, 1.82) is 0 Å². The van der Waals surface area contributed by atoms with E-state index in [2.05, 4.69) is 58.2 Å². The van der Waals surface area contributed by atoms with Gasteiger partial charge in [-0.05, 0) is 70.1 Å². The number of carbonyl (C=O) groups excluding carboxylic acids is 10. The van der Waals surface area contributed by atoms with Crippen LogP contribution >= 0.6 is 0 Å². The van der Waals surface area contributed by atoms with Gasteiger partial charge in [0.05, 0.1) is 19.3 Å². The highest BCUT2D eigenvalue weighted by Gasteiger charge is 2.36. The first kappa shape index (κ1) is 58.8. The van der Waals surface area contributed by atoms with Crippen molar-refractivity contribution in [2.75, 3.05) is 26.3 Å². The Bertz CT molecular complexity index is 2030. The molecule has 0 saturated carbocycles. The summed E-state index contributed by atoms with van der Waals surface area (Å²) in [5, 5.41) is 64.5. The van der Waals surface area contributed by atoms with Gasteiger partial charge in [-0.3, -0.25) is 48.1 Å². The number of phenols is 1. The fourth-order valence-electron chi connectivity index (χ4n) is 6.62. The Kier molecular flexibility index (Phi) is 24.2. The van der Waals surface area contributed by atoms with E-state index in [4.69, 9.17) is 17.2 Å². The number of aliphatic imine (C=N–C) groups is 1. The van der Waals surface area contributed by atoms with E-state index in [1.165, 1.54) is 38.1 Å². The summed E-state index contributed by atoms with van der Waals surface area (Å²) >= 11 is 0. The first-order valence-electron chi connectivity index (χ1n) is 22.4. The Morgan fingerprint density at radius 1 is 0.586 bits per heavy atom. The van der Waals surface area contributed by atoms with Crippen molar-refractivity contribution in [3.63, 3.8) is 0 Å². The van der Waals surface area contributed by atoms with E-state index < -0.39 is 139 Å².